The topological polar surface area (TPSA) is 54.5 Å². The number of fused-ring (bicyclic) bond motifs is 5. The molecule has 0 aromatic heterocycles. The number of Topliss-reactive ketones (excluding diaryl/α,β-unsaturated/α-hetero) is 3. The van der Waals surface area contributed by atoms with Crippen LogP contribution in [-0.4, -0.2) is 29.4 Å². The van der Waals surface area contributed by atoms with Crippen molar-refractivity contribution >= 4 is 29.1 Å². The predicted molar refractivity (Wildman–Crippen MR) is 148 cm³/mol. The Bertz CT molecular complexity index is 1720. The molecule has 7 rings (SSSR count). The molecule has 40 heavy (non-hydrogen) atoms. The fourth-order valence-corrected chi connectivity index (χ4v) is 6.88. The number of carbonyl (C=O) groups is 3. The van der Waals surface area contributed by atoms with E-state index in [-0.39, 0.29) is 17.3 Å². The van der Waals surface area contributed by atoms with E-state index in [2.05, 4.69) is 0 Å². The SMILES string of the molecule is Cc1ccc(C(=O)[C@@H]2[C@@H](c3ccc(F)cc3)C3(C(=O)c4ccccc4C3=O)[C@@H]3C=Cc4cc(F)ccc4N23)cc1. The van der Waals surface area contributed by atoms with Crippen molar-refractivity contribution in [3.05, 3.63) is 142 Å². The summed E-state index contributed by atoms with van der Waals surface area (Å²) in [5.74, 6) is -2.87. The van der Waals surface area contributed by atoms with E-state index in [1.165, 1.54) is 24.3 Å². The first-order chi connectivity index (χ1) is 19.3. The smallest absolute Gasteiger partial charge is 0.185 e. The van der Waals surface area contributed by atoms with Gasteiger partial charge >= 0.3 is 0 Å². The molecule has 0 N–H and O–H groups in total. The van der Waals surface area contributed by atoms with Crippen LogP contribution in [0.4, 0.5) is 14.5 Å². The number of ketones is 3. The highest BCUT2D eigenvalue weighted by Crippen LogP contribution is 2.61. The average Bonchev–Trinajstić information content (AvgIpc) is 3.39. The molecule has 0 amide bonds. The molecule has 1 aliphatic carbocycles. The second-order valence-electron chi connectivity index (χ2n) is 10.7. The van der Waals surface area contributed by atoms with Gasteiger partial charge in [0.1, 0.15) is 23.1 Å². The van der Waals surface area contributed by atoms with Gasteiger partial charge in [0.2, 0.25) is 0 Å². The Morgan fingerprint density at radius 1 is 0.800 bits per heavy atom. The highest BCUT2D eigenvalue weighted by Gasteiger charge is 2.71. The molecule has 0 saturated carbocycles. The fourth-order valence-electron chi connectivity index (χ4n) is 6.88. The summed E-state index contributed by atoms with van der Waals surface area (Å²) in [5, 5.41) is 0. The van der Waals surface area contributed by atoms with Gasteiger partial charge in [-0.2, -0.15) is 0 Å². The molecule has 0 radical (unpaired) electrons. The summed E-state index contributed by atoms with van der Waals surface area (Å²) in [6, 6.07) is 22.0. The molecular formula is C34H23F2NO3. The van der Waals surface area contributed by atoms with Gasteiger partial charge in [-0.1, -0.05) is 78.4 Å². The summed E-state index contributed by atoms with van der Waals surface area (Å²) < 4.78 is 28.5. The Hall–Kier alpha value is -4.71. The Morgan fingerprint density at radius 3 is 2.08 bits per heavy atom. The van der Waals surface area contributed by atoms with Crippen molar-refractivity contribution in [2.75, 3.05) is 4.90 Å². The maximum Gasteiger partial charge on any atom is 0.185 e. The van der Waals surface area contributed by atoms with Crippen LogP contribution >= 0.6 is 0 Å². The van der Waals surface area contributed by atoms with Crippen molar-refractivity contribution in [1.82, 2.24) is 0 Å². The molecule has 2 aliphatic heterocycles. The van der Waals surface area contributed by atoms with Crippen LogP contribution < -0.4 is 4.90 Å². The van der Waals surface area contributed by atoms with Crippen LogP contribution in [0, 0.1) is 24.0 Å². The summed E-state index contributed by atoms with van der Waals surface area (Å²) in [7, 11) is 0. The third-order valence-corrected chi connectivity index (χ3v) is 8.60. The number of hydrogen-bond acceptors (Lipinski definition) is 4. The summed E-state index contributed by atoms with van der Waals surface area (Å²) in [4.78, 5) is 45.4. The van der Waals surface area contributed by atoms with Crippen molar-refractivity contribution in [2.45, 2.75) is 24.9 Å². The number of nitrogens with zero attached hydrogens (tertiary/aromatic N) is 1. The molecule has 1 saturated heterocycles. The van der Waals surface area contributed by atoms with Crippen LogP contribution in [0.25, 0.3) is 6.08 Å². The largest absolute Gasteiger partial charge is 0.352 e. The van der Waals surface area contributed by atoms with Gasteiger partial charge in [-0.25, -0.2) is 8.78 Å². The molecule has 2 heterocycles. The zero-order valence-electron chi connectivity index (χ0n) is 21.5. The van der Waals surface area contributed by atoms with E-state index in [0.29, 0.717) is 33.5 Å². The molecule has 0 bridgehead atoms. The highest BCUT2D eigenvalue weighted by molar-refractivity contribution is 6.32. The van der Waals surface area contributed by atoms with E-state index in [4.69, 9.17) is 0 Å². The predicted octanol–water partition coefficient (Wildman–Crippen LogP) is 6.59. The van der Waals surface area contributed by atoms with Gasteiger partial charge in [-0.3, -0.25) is 14.4 Å². The van der Waals surface area contributed by atoms with Crippen molar-refractivity contribution in [3.63, 3.8) is 0 Å². The first kappa shape index (κ1) is 24.3. The quantitative estimate of drug-likeness (QED) is 0.221. The standard InChI is InChI=1S/C34H23F2NO3/c1-19-6-8-21(9-7-19)31(38)30-29(20-10-13-23(35)14-11-20)34(32(39)25-4-2-3-5-26(25)33(34)40)28-17-12-22-18-24(36)15-16-27(22)37(28)30/h2-18,28-30H,1H3/t28-,29+,30-/m0/s1. The molecule has 1 fully saturated rings. The molecule has 6 heteroatoms. The summed E-state index contributed by atoms with van der Waals surface area (Å²) in [6.07, 6.45) is 3.45. The van der Waals surface area contributed by atoms with Gasteiger partial charge in [-0.15, -0.1) is 0 Å². The molecule has 196 valence electrons. The van der Waals surface area contributed by atoms with Gasteiger partial charge in [0.25, 0.3) is 0 Å². The van der Waals surface area contributed by atoms with E-state index in [0.717, 1.165) is 5.56 Å². The number of hydrogen-bond donors (Lipinski definition) is 0. The second-order valence-corrected chi connectivity index (χ2v) is 10.7. The first-order valence-electron chi connectivity index (χ1n) is 13.1. The highest BCUT2D eigenvalue weighted by atomic mass is 19.1. The molecule has 3 aliphatic rings. The minimum absolute atomic E-state index is 0.279. The molecule has 1 spiro atoms. The van der Waals surface area contributed by atoms with Crippen LogP contribution in [0.5, 0.6) is 0 Å². The Balaban J connectivity index is 1.54. The van der Waals surface area contributed by atoms with Gasteiger partial charge in [0.05, 0.1) is 6.04 Å². The summed E-state index contributed by atoms with van der Waals surface area (Å²) >= 11 is 0. The summed E-state index contributed by atoms with van der Waals surface area (Å²) in [5.41, 5.74) is 1.94. The normalized spacial score (nSPS) is 21.9. The van der Waals surface area contributed by atoms with Crippen LogP contribution in [-0.2, 0) is 0 Å². The second kappa shape index (κ2) is 8.65. The zero-order valence-corrected chi connectivity index (χ0v) is 21.5. The molecule has 4 nitrogen and oxygen atoms in total. The maximum absolute atomic E-state index is 14.5. The molecular weight excluding hydrogens is 508 g/mol. The third kappa shape index (κ3) is 3.19. The lowest BCUT2D eigenvalue weighted by atomic mass is 9.64. The summed E-state index contributed by atoms with van der Waals surface area (Å²) in [6.45, 7) is 1.92. The monoisotopic (exact) mass is 531 g/mol. The Labute approximate surface area is 229 Å². The lowest BCUT2D eigenvalue weighted by Crippen LogP contribution is -2.48. The van der Waals surface area contributed by atoms with Crippen LogP contribution in [0.15, 0.2) is 97.1 Å². The molecule has 4 aromatic carbocycles. The van der Waals surface area contributed by atoms with Gasteiger partial charge < -0.3 is 4.90 Å². The van der Waals surface area contributed by atoms with Crippen molar-refractivity contribution in [3.8, 4) is 0 Å². The van der Waals surface area contributed by atoms with E-state index in [1.807, 2.05) is 24.0 Å². The van der Waals surface area contributed by atoms with E-state index < -0.39 is 35.1 Å². The van der Waals surface area contributed by atoms with Crippen molar-refractivity contribution < 1.29 is 23.2 Å². The number of aryl methyl sites for hydroxylation is 1. The average molecular weight is 532 g/mol. The van der Waals surface area contributed by atoms with Crippen LogP contribution in [0.2, 0.25) is 0 Å². The van der Waals surface area contributed by atoms with E-state index >= 15 is 0 Å². The van der Waals surface area contributed by atoms with Gasteiger partial charge in [0, 0.05) is 33.9 Å². The van der Waals surface area contributed by atoms with Gasteiger partial charge in [-0.05, 0) is 42.8 Å². The molecule has 4 aromatic rings. The number of benzene rings is 4. The fraction of sp³-hybridized carbons (Fsp3) is 0.147. The number of carbonyl (C=O) groups excluding carboxylic acids is 3. The Morgan fingerprint density at radius 2 is 1.43 bits per heavy atom. The Kier molecular flexibility index (Phi) is 5.26. The maximum atomic E-state index is 14.5. The minimum Gasteiger partial charge on any atom is -0.352 e. The molecule has 0 unspecified atom stereocenters. The van der Waals surface area contributed by atoms with Crippen LogP contribution in [0.1, 0.15) is 53.7 Å². The van der Waals surface area contributed by atoms with Crippen molar-refractivity contribution in [1.29, 1.82) is 0 Å². The van der Waals surface area contributed by atoms with Crippen molar-refractivity contribution in [2.24, 2.45) is 5.41 Å². The lowest BCUT2D eigenvalue weighted by Gasteiger charge is -2.37. The third-order valence-electron chi connectivity index (χ3n) is 8.60. The lowest BCUT2D eigenvalue weighted by molar-refractivity contribution is 0.0666. The number of halogens is 2. The first-order valence-corrected chi connectivity index (χ1v) is 13.1. The zero-order chi connectivity index (χ0) is 27.8. The van der Waals surface area contributed by atoms with Crippen LogP contribution in [0.3, 0.4) is 0 Å². The number of anilines is 1. The van der Waals surface area contributed by atoms with E-state index in [9.17, 15) is 23.2 Å². The number of rotatable bonds is 3. The van der Waals surface area contributed by atoms with Gasteiger partial charge in [0.15, 0.2) is 17.3 Å². The molecule has 3 atom stereocenters. The van der Waals surface area contributed by atoms with E-state index in [1.54, 1.807) is 66.7 Å². The minimum atomic E-state index is -1.69.